The summed E-state index contributed by atoms with van der Waals surface area (Å²) in [5.41, 5.74) is 1.71. The van der Waals surface area contributed by atoms with Gasteiger partial charge >= 0.3 is 6.03 Å². The van der Waals surface area contributed by atoms with Gasteiger partial charge in [0.15, 0.2) is 0 Å². The summed E-state index contributed by atoms with van der Waals surface area (Å²) in [5, 5.41) is 14.8. The van der Waals surface area contributed by atoms with Crippen LogP contribution in [0.15, 0.2) is 18.2 Å². The lowest BCUT2D eigenvalue weighted by atomic mass is 9.94. The molecule has 1 aromatic carbocycles. The first-order valence-electron chi connectivity index (χ1n) is 7.76. The molecule has 0 aliphatic carbocycles. The number of carbonyl (C=O) groups is 1. The molecule has 1 rings (SSSR count). The average Bonchev–Trinajstić information content (AvgIpc) is 2.45. The second-order valence-electron chi connectivity index (χ2n) is 6.03. The number of hydrogen-bond acceptors (Lipinski definition) is 3. The molecular weight excluding hydrogens is 280 g/mol. The van der Waals surface area contributed by atoms with E-state index >= 15 is 0 Å². The van der Waals surface area contributed by atoms with Gasteiger partial charge in [-0.3, -0.25) is 0 Å². The van der Waals surface area contributed by atoms with Crippen LogP contribution in [0.5, 0.6) is 5.75 Å². The topological polar surface area (TPSA) is 70.6 Å². The van der Waals surface area contributed by atoms with Crippen molar-refractivity contribution in [1.29, 1.82) is 0 Å². The van der Waals surface area contributed by atoms with Crippen molar-refractivity contribution in [2.24, 2.45) is 11.8 Å². The van der Waals surface area contributed by atoms with Gasteiger partial charge in [0.05, 0.1) is 7.11 Å². The van der Waals surface area contributed by atoms with Gasteiger partial charge in [0.25, 0.3) is 0 Å². The molecule has 124 valence electrons. The Bertz CT molecular complexity index is 475. The summed E-state index contributed by atoms with van der Waals surface area (Å²) >= 11 is 0. The molecule has 0 saturated heterocycles. The zero-order chi connectivity index (χ0) is 16.5. The number of amides is 2. The number of carbonyl (C=O) groups excluding carboxylic acids is 1. The number of methoxy groups -OCH3 is 1. The molecule has 0 bridgehead atoms. The third-order valence-corrected chi connectivity index (χ3v) is 3.55. The number of aliphatic hydroxyl groups excluding tert-OH is 1. The number of aryl methyl sites for hydroxylation is 1. The van der Waals surface area contributed by atoms with Gasteiger partial charge in [0.1, 0.15) is 5.75 Å². The molecule has 1 atom stereocenters. The summed E-state index contributed by atoms with van der Waals surface area (Å²) in [7, 11) is 1.62. The van der Waals surface area contributed by atoms with Crippen molar-refractivity contribution in [3.8, 4) is 5.75 Å². The van der Waals surface area contributed by atoms with Crippen molar-refractivity contribution in [1.82, 2.24) is 5.32 Å². The van der Waals surface area contributed by atoms with E-state index in [4.69, 9.17) is 9.84 Å². The van der Waals surface area contributed by atoms with Crippen molar-refractivity contribution < 1.29 is 14.6 Å². The Morgan fingerprint density at radius 3 is 2.64 bits per heavy atom. The quantitative estimate of drug-likeness (QED) is 0.691. The van der Waals surface area contributed by atoms with Crippen molar-refractivity contribution in [3.05, 3.63) is 23.8 Å². The monoisotopic (exact) mass is 308 g/mol. The first-order chi connectivity index (χ1) is 10.5. The number of nitrogens with one attached hydrogen (secondary N) is 2. The SMILES string of the molecule is COc1ccc(NC(=O)NCC(CCO)CC(C)C)cc1C. The first-order valence-corrected chi connectivity index (χ1v) is 7.76. The maximum atomic E-state index is 12.0. The minimum atomic E-state index is -0.226. The van der Waals surface area contributed by atoms with Gasteiger partial charge in [-0.1, -0.05) is 13.8 Å². The Hall–Kier alpha value is -1.75. The maximum absolute atomic E-state index is 12.0. The van der Waals surface area contributed by atoms with Crippen molar-refractivity contribution in [2.45, 2.75) is 33.6 Å². The fourth-order valence-electron chi connectivity index (χ4n) is 2.52. The average molecular weight is 308 g/mol. The molecule has 5 nitrogen and oxygen atoms in total. The Labute approximate surface area is 133 Å². The van der Waals surface area contributed by atoms with E-state index in [-0.39, 0.29) is 12.6 Å². The summed E-state index contributed by atoms with van der Waals surface area (Å²) in [5.74, 6) is 1.64. The third-order valence-electron chi connectivity index (χ3n) is 3.55. The molecule has 0 saturated carbocycles. The Kier molecular flexibility index (Phi) is 7.74. The molecule has 0 spiro atoms. The van der Waals surface area contributed by atoms with Gasteiger partial charge in [-0.25, -0.2) is 4.79 Å². The number of urea groups is 1. The summed E-state index contributed by atoms with van der Waals surface area (Å²) in [6.07, 6.45) is 1.70. The normalized spacial score (nSPS) is 12.1. The summed E-state index contributed by atoms with van der Waals surface area (Å²) in [4.78, 5) is 12.0. The molecule has 1 unspecified atom stereocenters. The van der Waals surface area contributed by atoms with E-state index in [1.807, 2.05) is 25.1 Å². The van der Waals surface area contributed by atoms with Gasteiger partial charge in [0.2, 0.25) is 0 Å². The lowest BCUT2D eigenvalue weighted by molar-refractivity contribution is 0.231. The number of aliphatic hydroxyl groups is 1. The maximum Gasteiger partial charge on any atom is 0.319 e. The smallest absolute Gasteiger partial charge is 0.319 e. The van der Waals surface area contributed by atoms with Crippen LogP contribution in [0.25, 0.3) is 0 Å². The Morgan fingerprint density at radius 1 is 1.36 bits per heavy atom. The van der Waals surface area contributed by atoms with Crippen LogP contribution in [0.2, 0.25) is 0 Å². The first kappa shape index (κ1) is 18.3. The van der Waals surface area contributed by atoms with Crippen molar-refractivity contribution in [2.75, 3.05) is 25.6 Å². The van der Waals surface area contributed by atoms with E-state index in [0.29, 0.717) is 24.8 Å². The van der Waals surface area contributed by atoms with Crippen LogP contribution in [-0.4, -0.2) is 31.4 Å². The van der Waals surface area contributed by atoms with Crippen LogP contribution in [0, 0.1) is 18.8 Å². The van der Waals surface area contributed by atoms with E-state index in [2.05, 4.69) is 24.5 Å². The minimum absolute atomic E-state index is 0.151. The minimum Gasteiger partial charge on any atom is -0.496 e. The van der Waals surface area contributed by atoms with Crippen molar-refractivity contribution >= 4 is 11.7 Å². The van der Waals surface area contributed by atoms with Crippen LogP contribution in [0.4, 0.5) is 10.5 Å². The van der Waals surface area contributed by atoms with Gasteiger partial charge < -0.3 is 20.5 Å². The van der Waals surface area contributed by atoms with Crippen LogP contribution in [0.3, 0.4) is 0 Å². The molecule has 22 heavy (non-hydrogen) atoms. The molecule has 0 aromatic heterocycles. The third kappa shape index (κ3) is 6.35. The van der Waals surface area contributed by atoms with Gasteiger partial charge in [-0.05, 0) is 55.4 Å². The summed E-state index contributed by atoms with van der Waals surface area (Å²) in [6.45, 7) is 6.94. The highest BCUT2D eigenvalue weighted by Crippen LogP contribution is 2.21. The zero-order valence-electron chi connectivity index (χ0n) is 14.0. The molecule has 0 fully saturated rings. The van der Waals surface area contributed by atoms with Crippen molar-refractivity contribution in [3.63, 3.8) is 0 Å². The molecule has 0 heterocycles. The van der Waals surface area contributed by atoms with E-state index in [1.165, 1.54) is 0 Å². The predicted octanol–water partition coefficient (Wildman–Crippen LogP) is 3.17. The van der Waals surface area contributed by atoms with E-state index in [0.717, 1.165) is 23.4 Å². The molecule has 1 aromatic rings. The fraction of sp³-hybridized carbons (Fsp3) is 0.588. The largest absolute Gasteiger partial charge is 0.496 e. The van der Waals surface area contributed by atoms with Crippen LogP contribution in [0.1, 0.15) is 32.3 Å². The zero-order valence-corrected chi connectivity index (χ0v) is 14.0. The standard InChI is InChI=1S/C17H28N2O3/c1-12(2)9-14(7-8-20)11-18-17(21)19-15-5-6-16(22-4)13(3)10-15/h5-6,10,12,14,20H,7-9,11H2,1-4H3,(H2,18,19,21). The summed E-state index contributed by atoms with van der Waals surface area (Å²) < 4.78 is 5.20. The van der Waals surface area contributed by atoms with Crippen LogP contribution < -0.4 is 15.4 Å². The second kappa shape index (κ2) is 9.30. The molecule has 2 amide bonds. The number of ether oxygens (including phenoxy) is 1. The number of benzene rings is 1. The van der Waals surface area contributed by atoms with Gasteiger partial charge in [-0.2, -0.15) is 0 Å². The molecular formula is C17H28N2O3. The highest BCUT2D eigenvalue weighted by atomic mass is 16.5. The van der Waals surface area contributed by atoms with E-state index < -0.39 is 0 Å². The summed E-state index contributed by atoms with van der Waals surface area (Å²) in [6, 6.07) is 5.29. The highest BCUT2D eigenvalue weighted by Gasteiger charge is 2.12. The molecule has 0 radical (unpaired) electrons. The number of hydrogen-bond donors (Lipinski definition) is 3. The molecule has 0 aliphatic heterocycles. The number of anilines is 1. The lowest BCUT2D eigenvalue weighted by Gasteiger charge is -2.19. The molecule has 0 aliphatic rings. The fourth-order valence-corrected chi connectivity index (χ4v) is 2.52. The van der Waals surface area contributed by atoms with Crippen LogP contribution >= 0.6 is 0 Å². The Morgan fingerprint density at radius 2 is 2.09 bits per heavy atom. The number of rotatable bonds is 8. The second-order valence-corrected chi connectivity index (χ2v) is 6.03. The predicted molar refractivity (Wildman–Crippen MR) is 89.4 cm³/mol. The van der Waals surface area contributed by atoms with E-state index in [1.54, 1.807) is 7.11 Å². The van der Waals surface area contributed by atoms with Gasteiger partial charge in [0, 0.05) is 18.8 Å². The molecule has 3 N–H and O–H groups in total. The highest BCUT2D eigenvalue weighted by molar-refractivity contribution is 5.89. The van der Waals surface area contributed by atoms with E-state index in [9.17, 15) is 4.79 Å². The van der Waals surface area contributed by atoms with Crippen LogP contribution in [-0.2, 0) is 0 Å². The molecule has 5 heteroatoms. The Balaban J connectivity index is 2.49. The lowest BCUT2D eigenvalue weighted by Crippen LogP contribution is -2.33. The van der Waals surface area contributed by atoms with Gasteiger partial charge in [-0.15, -0.1) is 0 Å².